The summed E-state index contributed by atoms with van der Waals surface area (Å²) in [5, 5.41) is 10.3. The van der Waals surface area contributed by atoms with Crippen LogP contribution in [0.5, 0.6) is 5.75 Å². The number of ether oxygens (including phenoxy) is 1. The molecule has 7 nitrogen and oxygen atoms in total. The first kappa shape index (κ1) is 20.4. The van der Waals surface area contributed by atoms with E-state index in [2.05, 4.69) is 20.7 Å². The number of amides is 2. The summed E-state index contributed by atoms with van der Waals surface area (Å²) < 4.78 is 6.99. The number of rotatable bonds is 7. The smallest absolute Gasteiger partial charge is 0.315 e. The highest BCUT2D eigenvalue weighted by atomic mass is 16.5. The minimum Gasteiger partial charge on any atom is -0.497 e. The SMILES string of the molecule is CCC(NC(=O)NCc1ccc(-n2nc(C)cc2C)nc1)c1ccc(OC)cc1. The van der Waals surface area contributed by atoms with Gasteiger partial charge in [-0.1, -0.05) is 25.1 Å². The van der Waals surface area contributed by atoms with Crippen molar-refractivity contribution in [2.24, 2.45) is 0 Å². The zero-order valence-electron chi connectivity index (χ0n) is 17.3. The number of hydrogen-bond donors (Lipinski definition) is 2. The van der Waals surface area contributed by atoms with E-state index in [1.807, 2.05) is 63.2 Å². The number of carbonyl (C=O) groups is 1. The Hall–Kier alpha value is -3.35. The minimum atomic E-state index is -0.213. The number of methoxy groups -OCH3 is 1. The van der Waals surface area contributed by atoms with E-state index < -0.39 is 0 Å². The predicted octanol–water partition coefficient (Wildman–Crippen LogP) is 3.84. The average Bonchev–Trinajstić information content (AvgIpc) is 3.09. The third kappa shape index (κ3) is 5.13. The van der Waals surface area contributed by atoms with Crippen LogP contribution in [0.15, 0.2) is 48.7 Å². The predicted molar refractivity (Wildman–Crippen MR) is 112 cm³/mol. The zero-order chi connectivity index (χ0) is 20.8. The van der Waals surface area contributed by atoms with Crippen molar-refractivity contribution in [3.05, 3.63) is 71.2 Å². The molecule has 0 fully saturated rings. The Kier molecular flexibility index (Phi) is 6.49. The standard InChI is InChI=1S/C22H27N5O2/c1-5-20(18-7-9-19(29-4)10-8-18)25-22(28)24-14-17-6-11-21(23-13-17)27-16(3)12-15(2)26-27/h6-13,20H,5,14H2,1-4H3,(H2,24,25,28). The normalized spacial score (nSPS) is 11.7. The lowest BCUT2D eigenvalue weighted by atomic mass is 10.0. The number of pyridine rings is 1. The zero-order valence-corrected chi connectivity index (χ0v) is 17.3. The van der Waals surface area contributed by atoms with Gasteiger partial charge in [0.05, 0.1) is 18.8 Å². The fourth-order valence-electron chi connectivity index (χ4n) is 3.16. The molecular weight excluding hydrogens is 366 g/mol. The first-order chi connectivity index (χ1) is 14.0. The molecule has 2 amide bonds. The molecule has 0 bridgehead atoms. The molecule has 1 atom stereocenters. The topological polar surface area (TPSA) is 81.1 Å². The number of benzene rings is 1. The molecule has 2 heterocycles. The summed E-state index contributed by atoms with van der Waals surface area (Å²) in [6, 6.07) is 13.3. The van der Waals surface area contributed by atoms with Crippen molar-refractivity contribution in [3.63, 3.8) is 0 Å². The van der Waals surface area contributed by atoms with Crippen LogP contribution in [0.2, 0.25) is 0 Å². The van der Waals surface area contributed by atoms with E-state index in [1.54, 1.807) is 18.0 Å². The van der Waals surface area contributed by atoms with Gasteiger partial charge in [-0.25, -0.2) is 14.5 Å². The van der Waals surface area contributed by atoms with Gasteiger partial charge in [-0.2, -0.15) is 5.10 Å². The second-order valence-corrected chi connectivity index (χ2v) is 6.92. The van der Waals surface area contributed by atoms with Crippen LogP contribution in [0.3, 0.4) is 0 Å². The first-order valence-corrected chi connectivity index (χ1v) is 9.67. The minimum absolute atomic E-state index is 0.0626. The van der Waals surface area contributed by atoms with Gasteiger partial charge in [-0.3, -0.25) is 0 Å². The van der Waals surface area contributed by atoms with E-state index in [4.69, 9.17) is 4.74 Å². The van der Waals surface area contributed by atoms with Gasteiger partial charge in [0.15, 0.2) is 5.82 Å². The summed E-state index contributed by atoms with van der Waals surface area (Å²) in [5.41, 5.74) is 3.95. The Balaban J connectivity index is 1.56. The average molecular weight is 393 g/mol. The Bertz CT molecular complexity index is 948. The van der Waals surface area contributed by atoms with Crippen LogP contribution >= 0.6 is 0 Å². The molecule has 2 aromatic heterocycles. The first-order valence-electron chi connectivity index (χ1n) is 9.67. The highest BCUT2D eigenvalue weighted by Crippen LogP contribution is 2.20. The van der Waals surface area contributed by atoms with Crippen molar-refractivity contribution in [2.45, 2.75) is 39.8 Å². The molecule has 0 spiro atoms. The summed E-state index contributed by atoms with van der Waals surface area (Å²) >= 11 is 0. The van der Waals surface area contributed by atoms with Crippen molar-refractivity contribution in [1.29, 1.82) is 0 Å². The maximum atomic E-state index is 12.3. The van der Waals surface area contributed by atoms with Crippen LogP contribution in [-0.4, -0.2) is 27.9 Å². The van der Waals surface area contributed by atoms with Crippen molar-refractivity contribution in [1.82, 2.24) is 25.4 Å². The summed E-state index contributed by atoms with van der Waals surface area (Å²) in [7, 11) is 1.64. The quantitative estimate of drug-likeness (QED) is 0.639. The van der Waals surface area contributed by atoms with Crippen molar-refractivity contribution < 1.29 is 9.53 Å². The van der Waals surface area contributed by atoms with Gasteiger partial charge in [-0.05, 0) is 55.7 Å². The van der Waals surface area contributed by atoms with Crippen molar-refractivity contribution in [2.75, 3.05) is 7.11 Å². The molecule has 0 radical (unpaired) electrons. The lowest BCUT2D eigenvalue weighted by Crippen LogP contribution is -2.37. The molecule has 7 heteroatoms. The number of nitrogens with one attached hydrogen (secondary N) is 2. The number of aromatic nitrogens is 3. The van der Waals surface area contributed by atoms with Gasteiger partial charge in [0.1, 0.15) is 5.75 Å². The summed E-state index contributed by atoms with van der Waals surface area (Å²) in [6.07, 6.45) is 2.55. The lowest BCUT2D eigenvalue weighted by Gasteiger charge is -2.18. The molecule has 1 unspecified atom stereocenters. The summed E-state index contributed by atoms with van der Waals surface area (Å²) in [6.45, 7) is 6.39. The number of nitrogens with zero attached hydrogens (tertiary/aromatic N) is 3. The van der Waals surface area contributed by atoms with Gasteiger partial charge in [0.25, 0.3) is 0 Å². The summed E-state index contributed by atoms with van der Waals surface area (Å²) in [4.78, 5) is 16.8. The Morgan fingerprint density at radius 3 is 2.48 bits per heavy atom. The Morgan fingerprint density at radius 1 is 1.17 bits per heavy atom. The third-order valence-corrected chi connectivity index (χ3v) is 4.72. The van der Waals surface area contributed by atoms with E-state index in [0.29, 0.717) is 6.54 Å². The maximum absolute atomic E-state index is 12.3. The molecule has 0 aliphatic heterocycles. The largest absolute Gasteiger partial charge is 0.497 e. The monoisotopic (exact) mass is 393 g/mol. The molecule has 2 N–H and O–H groups in total. The molecular formula is C22H27N5O2. The molecule has 29 heavy (non-hydrogen) atoms. The van der Waals surface area contributed by atoms with Crippen LogP contribution in [0.25, 0.3) is 5.82 Å². The fourth-order valence-corrected chi connectivity index (χ4v) is 3.16. The molecule has 0 aliphatic carbocycles. The van der Waals surface area contributed by atoms with E-state index in [0.717, 1.165) is 40.5 Å². The van der Waals surface area contributed by atoms with Crippen molar-refractivity contribution >= 4 is 6.03 Å². The van der Waals surface area contributed by atoms with Gasteiger partial charge in [0, 0.05) is 18.4 Å². The van der Waals surface area contributed by atoms with Crippen LogP contribution in [-0.2, 0) is 6.54 Å². The Labute approximate surface area is 171 Å². The second-order valence-electron chi connectivity index (χ2n) is 6.92. The molecule has 3 rings (SSSR count). The number of hydrogen-bond acceptors (Lipinski definition) is 4. The van der Waals surface area contributed by atoms with Gasteiger partial charge < -0.3 is 15.4 Å². The van der Waals surface area contributed by atoms with E-state index in [1.165, 1.54) is 0 Å². The molecule has 0 saturated heterocycles. The van der Waals surface area contributed by atoms with Crippen molar-refractivity contribution in [3.8, 4) is 11.6 Å². The van der Waals surface area contributed by atoms with E-state index >= 15 is 0 Å². The number of urea groups is 1. The van der Waals surface area contributed by atoms with Gasteiger partial charge in [0.2, 0.25) is 0 Å². The van der Waals surface area contributed by atoms with E-state index in [9.17, 15) is 4.79 Å². The highest BCUT2D eigenvalue weighted by Gasteiger charge is 2.13. The molecule has 1 aromatic carbocycles. The van der Waals surface area contributed by atoms with Crippen LogP contribution in [0.1, 0.15) is 41.9 Å². The Morgan fingerprint density at radius 2 is 1.93 bits per heavy atom. The molecule has 0 saturated carbocycles. The second kappa shape index (κ2) is 9.23. The van der Waals surface area contributed by atoms with Gasteiger partial charge in [-0.15, -0.1) is 0 Å². The van der Waals surface area contributed by atoms with Crippen LogP contribution in [0.4, 0.5) is 4.79 Å². The van der Waals surface area contributed by atoms with Crippen LogP contribution in [0, 0.1) is 13.8 Å². The van der Waals surface area contributed by atoms with Crippen LogP contribution < -0.4 is 15.4 Å². The van der Waals surface area contributed by atoms with Gasteiger partial charge >= 0.3 is 6.03 Å². The molecule has 152 valence electrons. The van der Waals surface area contributed by atoms with E-state index in [-0.39, 0.29) is 12.1 Å². The maximum Gasteiger partial charge on any atom is 0.315 e. The molecule has 0 aliphatic rings. The number of carbonyl (C=O) groups excluding carboxylic acids is 1. The molecule has 3 aromatic rings. The summed E-state index contributed by atoms with van der Waals surface area (Å²) in [5.74, 6) is 1.55. The fraction of sp³-hybridized carbons (Fsp3) is 0.318. The third-order valence-electron chi connectivity index (χ3n) is 4.72. The number of aryl methyl sites for hydroxylation is 2. The highest BCUT2D eigenvalue weighted by molar-refractivity contribution is 5.74. The lowest BCUT2D eigenvalue weighted by molar-refractivity contribution is 0.236.